The van der Waals surface area contributed by atoms with E-state index in [1.165, 1.54) is 0 Å². The molecular weight excluding hydrogens is 202 g/mol. The van der Waals surface area contributed by atoms with Gasteiger partial charge in [0.2, 0.25) is 10.0 Å². The summed E-state index contributed by atoms with van der Waals surface area (Å²) in [6.45, 7) is 3.42. The minimum absolute atomic E-state index is 0.145. The molecule has 4 nitrogen and oxygen atoms in total. The van der Waals surface area contributed by atoms with Gasteiger partial charge < -0.3 is 5.11 Å². The maximum absolute atomic E-state index is 11.5. The summed E-state index contributed by atoms with van der Waals surface area (Å²) in [6.07, 6.45) is 2.37. The zero-order chi connectivity index (χ0) is 10.6. The smallest absolute Gasteiger partial charge is 0.214 e. The van der Waals surface area contributed by atoms with E-state index in [2.05, 4.69) is 0 Å². The van der Waals surface area contributed by atoms with Gasteiger partial charge in [-0.25, -0.2) is 12.7 Å². The van der Waals surface area contributed by atoms with Crippen molar-refractivity contribution >= 4 is 10.0 Å². The molecule has 0 spiro atoms. The number of hydrogen-bond acceptors (Lipinski definition) is 3. The van der Waals surface area contributed by atoms with Crippen LogP contribution >= 0.6 is 0 Å². The summed E-state index contributed by atoms with van der Waals surface area (Å²) in [5.74, 6) is 0.593. The van der Waals surface area contributed by atoms with Gasteiger partial charge in [-0.1, -0.05) is 13.3 Å². The van der Waals surface area contributed by atoms with Crippen LogP contribution in [0.4, 0.5) is 0 Å². The van der Waals surface area contributed by atoms with Crippen molar-refractivity contribution in [3.05, 3.63) is 0 Å². The Labute approximate surface area is 86.0 Å². The minimum Gasteiger partial charge on any atom is -0.396 e. The van der Waals surface area contributed by atoms with Gasteiger partial charge in [0.15, 0.2) is 0 Å². The minimum atomic E-state index is -2.96. The number of nitrogens with zero attached hydrogens (tertiary/aromatic N) is 1. The lowest BCUT2D eigenvalue weighted by Gasteiger charge is -2.20. The Morgan fingerprint density at radius 3 is 2.64 bits per heavy atom. The van der Waals surface area contributed by atoms with Gasteiger partial charge in [-0.3, -0.25) is 0 Å². The highest BCUT2D eigenvalue weighted by Crippen LogP contribution is 2.18. The van der Waals surface area contributed by atoms with Crippen LogP contribution in [0.15, 0.2) is 0 Å². The first kappa shape index (κ1) is 11.9. The molecular formula is C9H19NO3S. The molecule has 1 heterocycles. The van der Waals surface area contributed by atoms with Crippen LogP contribution in [-0.2, 0) is 10.0 Å². The van der Waals surface area contributed by atoms with Gasteiger partial charge in [0.1, 0.15) is 0 Å². The third-order valence-electron chi connectivity index (χ3n) is 2.78. The lowest BCUT2D eigenvalue weighted by Crippen LogP contribution is -2.31. The molecule has 1 fully saturated rings. The molecule has 1 N–H and O–H groups in total. The summed E-state index contributed by atoms with van der Waals surface area (Å²) >= 11 is 0. The van der Waals surface area contributed by atoms with E-state index in [-0.39, 0.29) is 6.61 Å². The van der Waals surface area contributed by atoms with Crippen molar-refractivity contribution < 1.29 is 13.5 Å². The summed E-state index contributed by atoms with van der Waals surface area (Å²) in [5, 5.41) is 8.80. The zero-order valence-corrected chi connectivity index (χ0v) is 9.46. The maximum Gasteiger partial charge on any atom is 0.214 e. The van der Waals surface area contributed by atoms with E-state index in [1.807, 2.05) is 6.92 Å². The number of aliphatic hydroxyl groups excluding tert-OH is 1. The molecule has 0 aromatic rings. The second kappa shape index (κ2) is 5.09. The van der Waals surface area contributed by atoms with Crippen molar-refractivity contribution in [3.63, 3.8) is 0 Å². The molecule has 0 aromatic carbocycles. The van der Waals surface area contributed by atoms with Crippen LogP contribution in [0.25, 0.3) is 0 Å². The lowest BCUT2D eigenvalue weighted by molar-refractivity contribution is 0.236. The fourth-order valence-electron chi connectivity index (χ4n) is 1.79. The molecule has 1 aliphatic heterocycles. The first-order chi connectivity index (χ1) is 6.60. The molecule has 0 saturated carbocycles. The van der Waals surface area contributed by atoms with Crippen LogP contribution in [0.3, 0.4) is 0 Å². The van der Waals surface area contributed by atoms with Crippen LogP contribution in [0.1, 0.15) is 26.2 Å². The summed E-state index contributed by atoms with van der Waals surface area (Å²) < 4.78 is 24.5. The van der Waals surface area contributed by atoms with Gasteiger partial charge in [0.25, 0.3) is 0 Å². The maximum atomic E-state index is 11.5. The first-order valence-corrected chi connectivity index (χ1v) is 6.79. The Morgan fingerprint density at radius 1 is 1.50 bits per heavy atom. The van der Waals surface area contributed by atoms with Crippen molar-refractivity contribution in [1.82, 2.24) is 4.31 Å². The SMILES string of the molecule is CCC(CCO)CN1CCCS1(=O)=O. The van der Waals surface area contributed by atoms with Crippen LogP contribution < -0.4 is 0 Å². The van der Waals surface area contributed by atoms with Crippen LogP contribution in [0, 0.1) is 5.92 Å². The van der Waals surface area contributed by atoms with Crippen LogP contribution in [-0.4, -0.2) is 43.3 Å². The number of hydrogen-bond donors (Lipinski definition) is 1. The highest BCUT2D eigenvalue weighted by Gasteiger charge is 2.29. The van der Waals surface area contributed by atoms with Gasteiger partial charge in [0.05, 0.1) is 5.75 Å². The molecule has 84 valence electrons. The molecule has 0 aromatic heterocycles. The molecule has 14 heavy (non-hydrogen) atoms. The summed E-state index contributed by atoms with van der Waals surface area (Å²) in [6, 6.07) is 0. The van der Waals surface area contributed by atoms with Gasteiger partial charge >= 0.3 is 0 Å². The molecule has 0 amide bonds. The van der Waals surface area contributed by atoms with E-state index in [0.717, 1.165) is 12.8 Å². The van der Waals surface area contributed by atoms with Crippen molar-refractivity contribution in [3.8, 4) is 0 Å². The molecule has 1 rings (SSSR count). The highest BCUT2D eigenvalue weighted by molar-refractivity contribution is 7.89. The van der Waals surface area contributed by atoms with Crippen molar-refractivity contribution in [1.29, 1.82) is 0 Å². The Balaban J connectivity index is 2.50. The first-order valence-electron chi connectivity index (χ1n) is 5.19. The topological polar surface area (TPSA) is 57.6 Å². The highest BCUT2D eigenvalue weighted by atomic mass is 32.2. The van der Waals surface area contributed by atoms with E-state index in [1.54, 1.807) is 4.31 Å². The van der Waals surface area contributed by atoms with Crippen molar-refractivity contribution in [2.45, 2.75) is 26.2 Å². The second-order valence-corrected chi connectivity index (χ2v) is 5.90. The Morgan fingerprint density at radius 2 is 2.21 bits per heavy atom. The molecule has 1 unspecified atom stereocenters. The molecule has 0 bridgehead atoms. The molecule has 0 radical (unpaired) electrons. The predicted molar refractivity (Wildman–Crippen MR) is 55.5 cm³/mol. The van der Waals surface area contributed by atoms with E-state index >= 15 is 0 Å². The van der Waals surface area contributed by atoms with Crippen molar-refractivity contribution in [2.24, 2.45) is 5.92 Å². The largest absolute Gasteiger partial charge is 0.396 e. The van der Waals surface area contributed by atoms with Crippen LogP contribution in [0.2, 0.25) is 0 Å². The molecule has 1 atom stereocenters. The molecule has 1 saturated heterocycles. The Bertz CT molecular complexity index is 263. The van der Waals surface area contributed by atoms with E-state index in [9.17, 15) is 8.42 Å². The summed E-state index contributed by atoms with van der Waals surface area (Å²) in [5.41, 5.74) is 0. The normalized spacial score (nSPS) is 23.9. The predicted octanol–water partition coefficient (Wildman–Crippen LogP) is 0.430. The average Bonchev–Trinajstić information content (AvgIpc) is 2.45. The van der Waals surface area contributed by atoms with E-state index in [0.29, 0.717) is 31.2 Å². The Kier molecular flexibility index (Phi) is 4.34. The zero-order valence-electron chi connectivity index (χ0n) is 8.65. The van der Waals surface area contributed by atoms with E-state index < -0.39 is 10.0 Å². The van der Waals surface area contributed by atoms with Crippen molar-refractivity contribution in [2.75, 3.05) is 25.4 Å². The fourth-order valence-corrected chi connectivity index (χ4v) is 3.39. The summed E-state index contributed by atoms with van der Waals surface area (Å²) in [7, 11) is -2.96. The molecule has 5 heteroatoms. The number of sulfonamides is 1. The quantitative estimate of drug-likeness (QED) is 0.732. The third-order valence-corrected chi connectivity index (χ3v) is 4.70. The fraction of sp³-hybridized carbons (Fsp3) is 1.00. The second-order valence-electron chi connectivity index (χ2n) is 3.81. The van der Waals surface area contributed by atoms with Crippen LogP contribution in [0.5, 0.6) is 0 Å². The van der Waals surface area contributed by atoms with Gasteiger partial charge in [-0.2, -0.15) is 0 Å². The number of rotatable bonds is 5. The Hall–Kier alpha value is -0.130. The average molecular weight is 221 g/mol. The summed E-state index contributed by atoms with van der Waals surface area (Å²) in [4.78, 5) is 0. The molecule has 1 aliphatic rings. The lowest BCUT2D eigenvalue weighted by atomic mass is 10.0. The third kappa shape index (κ3) is 2.93. The van der Waals surface area contributed by atoms with Gasteiger partial charge in [-0.15, -0.1) is 0 Å². The standard InChI is InChI=1S/C9H19NO3S/c1-2-9(4-6-11)8-10-5-3-7-14(10,12)13/h9,11H,2-8H2,1H3. The van der Waals surface area contributed by atoms with Gasteiger partial charge in [0, 0.05) is 19.7 Å². The van der Waals surface area contributed by atoms with E-state index in [4.69, 9.17) is 5.11 Å². The molecule has 0 aliphatic carbocycles. The number of aliphatic hydroxyl groups is 1. The van der Waals surface area contributed by atoms with Gasteiger partial charge in [-0.05, 0) is 18.8 Å². The monoisotopic (exact) mass is 221 g/mol.